The molecule has 0 heterocycles. The summed E-state index contributed by atoms with van der Waals surface area (Å²) in [7, 11) is 0. The lowest BCUT2D eigenvalue weighted by Gasteiger charge is -2.29. The van der Waals surface area contributed by atoms with E-state index < -0.39 is 5.97 Å². The third kappa shape index (κ3) is 4.51. The van der Waals surface area contributed by atoms with Crippen molar-refractivity contribution in [3.05, 3.63) is 0 Å². The maximum Gasteiger partial charge on any atom is 0.303 e. The largest absolute Gasteiger partial charge is 0.481 e. The number of hydrogen-bond donors (Lipinski definition) is 2. The molecule has 0 radical (unpaired) electrons. The molecular weight excluding hydrogens is 242 g/mol. The smallest absolute Gasteiger partial charge is 0.303 e. The third-order valence-electron chi connectivity index (χ3n) is 4.63. The van der Waals surface area contributed by atoms with Gasteiger partial charge >= 0.3 is 5.97 Å². The standard InChI is InChI=1S/C15H25NO3/c17-14(18)10-11-6-8-12(9-7-11)15(19)16-13-4-2-1-3-5-13/h11-13H,1-10H2,(H,16,19)(H,17,18). The van der Waals surface area contributed by atoms with Crippen molar-refractivity contribution >= 4 is 11.9 Å². The number of nitrogens with one attached hydrogen (secondary N) is 1. The molecular formula is C15H25NO3. The Labute approximate surface area is 115 Å². The van der Waals surface area contributed by atoms with Crippen LogP contribution in [-0.4, -0.2) is 23.0 Å². The lowest BCUT2D eigenvalue weighted by atomic mass is 9.80. The van der Waals surface area contributed by atoms with E-state index in [2.05, 4.69) is 5.32 Å². The van der Waals surface area contributed by atoms with Gasteiger partial charge < -0.3 is 10.4 Å². The summed E-state index contributed by atoms with van der Waals surface area (Å²) in [5, 5.41) is 12.0. The zero-order valence-corrected chi connectivity index (χ0v) is 11.6. The quantitative estimate of drug-likeness (QED) is 0.823. The molecule has 0 aromatic carbocycles. The van der Waals surface area contributed by atoms with Crippen molar-refractivity contribution in [3.8, 4) is 0 Å². The van der Waals surface area contributed by atoms with Gasteiger partial charge in [0.05, 0.1) is 0 Å². The maximum absolute atomic E-state index is 12.2. The van der Waals surface area contributed by atoms with Crippen LogP contribution in [0.15, 0.2) is 0 Å². The van der Waals surface area contributed by atoms with Crippen molar-refractivity contribution in [2.45, 2.75) is 70.3 Å². The Balaban J connectivity index is 1.71. The van der Waals surface area contributed by atoms with Gasteiger partial charge in [-0.15, -0.1) is 0 Å². The van der Waals surface area contributed by atoms with E-state index >= 15 is 0 Å². The highest BCUT2D eigenvalue weighted by Gasteiger charge is 2.28. The highest BCUT2D eigenvalue weighted by Crippen LogP contribution is 2.31. The molecule has 4 nitrogen and oxygen atoms in total. The fourth-order valence-electron chi connectivity index (χ4n) is 3.44. The minimum Gasteiger partial charge on any atom is -0.481 e. The Kier molecular flexibility index (Phi) is 5.23. The summed E-state index contributed by atoms with van der Waals surface area (Å²) in [6.45, 7) is 0. The molecule has 108 valence electrons. The van der Waals surface area contributed by atoms with Gasteiger partial charge in [0.15, 0.2) is 0 Å². The second kappa shape index (κ2) is 6.92. The molecule has 0 bridgehead atoms. The molecule has 4 heteroatoms. The fourth-order valence-corrected chi connectivity index (χ4v) is 3.44. The van der Waals surface area contributed by atoms with Crippen LogP contribution >= 0.6 is 0 Å². The molecule has 1 amide bonds. The van der Waals surface area contributed by atoms with Gasteiger partial charge in [-0.2, -0.15) is 0 Å². The Morgan fingerprint density at radius 1 is 0.947 bits per heavy atom. The predicted octanol–water partition coefficient (Wildman–Crippen LogP) is 2.72. The lowest BCUT2D eigenvalue weighted by Crippen LogP contribution is -2.41. The molecule has 2 N–H and O–H groups in total. The third-order valence-corrected chi connectivity index (χ3v) is 4.63. The highest BCUT2D eigenvalue weighted by molar-refractivity contribution is 5.79. The number of carbonyl (C=O) groups is 2. The first-order valence-electron chi connectivity index (χ1n) is 7.67. The van der Waals surface area contributed by atoms with Gasteiger partial charge in [0.1, 0.15) is 0 Å². The van der Waals surface area contributed by atoms with Crippen LogP contribution in [0.2, 0.25) is 0 Å². The first-order valence-corrected chi connectivity index (χ1v) is 7.67. The van der Waals surface area contributed by atoms with Crippen LogP contribution in [0.25, 0.3) is 0 Å². The number of hydrogen-bond acceptors (Lipinski definition) is 2. The normalized spacial score (nSPS) is 28.8. The van der Waals surface area contributed by atoms with Crippen LogP contribution in [0, 0.1) is 11.8 Å². The van der Waals surface area contributed by atoms with E-state index in [4.69, 9.17) is 5.11 Å². The summed E-state index contributed by atoms with van der Waals surface area (Å²) >= 11 is 0. The van der Waals surface area contributed by atoms with Crippen molar-refractivity contribution in [2.24, 2.45) is 11.8 Å². The fraction of sp³-hybridized carbons (Fsp3) is 0.867. The second-order valence-electron chi connectivity index (χ2n) is 6.16. The van der Waals surface area contributed by atoms with Crippen molar-refractivity contribution in [3.63, 3.8) is 0 Å². The Morgan fingerprint density at radius 2 is 1.58 bits per heavy atom. The van der Waals surface area contributed by atoms with Crippen LogP contribution in [-0.2, 0) is 9.59 Å². The second-order valence-corrected chi connectivity index (χ2v) is 6.16. The molecule has 2 fully saturated rings. The van der Waals surface area contributed by atoms with Crippen LogP contribution in [0.1, 0.15) is 64.2 Å². The minimum absolute atomic E-state index is 0.118. The summed E-state index contributed by atoms with van der Waals surface area (Å²) in [6.07, 6.45) is 9.76. The molecule has 0 atom stereocenters. The van der Waals surface area contributed by atoms with E-state index in [1.54, 1.807) is 0 Å². The minimum atomic E-state index is -0.713. The maximum atomic E-state index is 12.2. The van der Waals surface area contributed by atoms with Crippen LogP contribution < -0.4 is 5.32 Å². The summed E-state index contributed by atoms with van der Waals surface area (Å²) in [4.78, 5) is 22.8. The topological polar surface area (TPSA) is 66.4 Å². The van der Waals surface area contributed by atoms with Gasteiger partial charge in [-0.05, 0) is 44.4 Å². The first-order chi connectivity index (χ1) is 9.15. The number of rotatable bonds is 4. The van der Waals surface area contributed by atoms with Gasteiger partial charge in [-0.25, -0.2) is 0 Å². The van der Waals surface area contributed by atoms with Crippen LogP contribution in [0.5, 0.6) is 0 Å². The van der Waals surface area contributed by atoms with Crippen molar-refractivity contribution in [1.29, 1.82) is 0 Å². The highest BCUT2D eigenvalue weighted by atomic mass is 16.4. The average Bonchev–Trinajstić information content (AvgIpc) is 2.40. The van der Waals surface area contributed by atoms with Gasteiger partial charge in [0.25, 0.3) is 0 Å². The van der Waals surface area contributed by atoms with Crippen LogP contribution in [0.3, 0.4) is 0 Å². The zero-order chi connectivity index (χ0) is 13.7. The molecule has 0 aliphatic heterocycles. The molecule has 0 saturated heterocycles. The SMILES string of the molecule is O=C(O)CC1CCC(C(=O)NC2CCCCC2)CC1. The number of amides is 1. The Hall–Kier alpha value is -1.06. The van der Waals surface area contributed by atoms with E-state index in [9.17, 15) is 9.59 Å². The predicted molar refractivity (Wildman–Crippen MR) is 72.7 cm³/mol. The van der Waals surface area contributed by atoms with E-state index in [1.165, 1.54) is 19.3 Å². The van der Waals surface area contributed by atoms with Crippen molar-refractivity contribution in [1.82, 2.24) is 5.32 Å². The number of carbonyl (C=O) groups excluding carboxylic acids is 1. The average molecular weight is 267 g/mol. The molecule has 2 rings (SSSR count). The Bertz CT molecular complexity index is 315. The van der Waals surface area contributed by atoms with Crippen LogP contribution in [0.4, 0.5) is 0 Å². The first kappa shape index (κ1) is 14.4. The lowest BCUT2D eigenvalue weighted by molar-refractivity contribution is -0.138. The molecule has 19 heavy (non-hydrogen) atoms. The van der Waals surface area contributed by atoms with E-state index in [0.717, 1.165) is 38.5 Å². The summed E-state index contributed by atoms with van der Waals surface area (Å²) in [5.41, 5.74) is 0. The monoisotopic (exact) mass is 267 g/mol. The number of aliphatic carboxylic acids is 1. The summed E-state index contributed by atoms with van der Waals surface area (Å²) < 4.78 is 0. The zero-order valence-electron chi connectivity index (χ0n) is 11.6. The van der Waals surface area contributed by atoms with E-state index in [-0.39, 0.29) is 24.2 Å². The molecule has 0 unspecified atom stereocenters. The van der Waals surface area contributed by atoms with Crippen molar-refractivity contribution in [2.75, 3.05) is 0 Å². The van der Waals surface area contributed by atoms with Gasteiger partial charge in [-0.1, -0.05) is 19.3 Å². The van der Waals surface area contributed by atoms with Crippen molar-refractivity contribution < 1.29 is 14.7 Å². The molecule has 2 saturated carbocycles. The summed E-state index contributed by atoms with van der Waals surface area (Å²) in [5.74, 6) is -0.112. The van der Waals surface area contributed by atoms with E-state index in [1.807, 2.05) is 0 Å². The molecule has 2 aliphatic rings. The molecule has 0 aromatic rings. The molecule has 2 aliphatic carbocycles. The Morgan fingerprint density at radius 3 is 2.16 bits per heavy atom. The number of carboxylic acid groups (broad SMARTS) is 1. The summed E-state index contributed by atoms with van der Waals surface area (Å²) in [6, 6.07) is 0.387. The number of carboxylic acids is 1. The molecule has 0 aromatic heterocycles. The van der Waals surface area contributed by atoms with Gasteiger partial charge in [0, 0.05) is 18.4 Å². The van der Waals surface area contributed by atoms with E-state index in [0.29, 0.717) is 6.04 Å². The molecule has 0 spiro atoms. The van der Waals surface area contributed by atoms with Gasteiger partial charge in [-0.3, -0.25) is 9.59 Å². The van der Waals surface area contributed by atoms with Gasteiger partial charge in [0.2, 0.25) is 5.91 Å².